The van der Waals surface area contributed by atoms with Crippen LogP contribution in [-0.2, 0) is 32.7 Å². The van der Waals surface area contributed by atoms with E-state index < -0.39 is 32.5 Å². The number of rotatable bonds is 37. The molecule has 0 aliphatic carbocycles. The summed E-state index contributed by atoms with van der Waals surface area (Å²) in [7, 11) is 1.16. The van der Waals surface area contributed by atoms with Crippen LogP contribution in [0.1, 0.15) is 174 Å². The van der Waals surface area contributed by atoms with Crippen molar-refractivity contribution in [2.24, 2.45) is 0 Å². The van der Waals surface area contributed by atoms with E-state index in [0.717, 1.165) is 77.0 Å². The normalized spacial score (nSPS) is 13.9. The van der Waals surface area contributed by atoms with Crippen LogP contribution in [0.4, 0.5) is 0 Å². The van der Waals surface area contributed by atoms with Crippen LogP contribution in [-0.4, -0.2) is 70.0 Å². The van der Waals surface area contributed by atoms with E-state index in [0.29, 0.717) is 17.4 Å². The van der Waals surface area contributed by atoms with Gasteiger partial charge in [-0.3, -0.25) is 14.2 Å². The van der Waals surface area contributed by atoms with Crippen molar-refractivity contribution in [2.45, 2.75) is 180 Å². The summed E-state index contributed by atoms with van der Waals surface area (Å²) in [5.74, 6) is -0.855. The number of nitrogens with zero attached hydrogens (tertiary/aromatic N) is 1. The summed E-state index contributed by atoms with van der Waals surface area (Å²) in [5.41, 5.74) is 0. The fraction of sp³-hybridized carbons (Fsp3) is 0.854. The first-order valence-electron chi connectivity index (χ1n) is 20.5. The van der Waals surface area contributed by atoms with E-state index in [2.05, 4.69) is 38.2 Å². The Morgan fingerprint density at radius 2 is 1.02 bits per heavy atom. The lowest BCUT2D eigenvalue weighted by molar-refractivity contribution is -0.870. The lowest BCUT2D eigenvalue weighted by atomic mass is 10.1. The third-order valence-electron chi connectivity index (χ3n) is 8.69. The Labute approximate surface area is 313 Å². The number of ether oxygens (including phenoxy) is 2. The van der Waals surface area contributed by atoms with E-state index >= 15 is 0 Å². The first-order valence-corrected chi connectivity index (χ1v) is 22.0. The molecule has 0 N–H and O–H groups in total. The standard InChI is InChI=1S/C41H78NO8P/c1-6-8-10-12-14-16-18-19-20-21-22-24-25-27-29-31-33-40(43)47-37-39(38-49-51(45,46)48-36-35-42(3,4)5)50-41(44)34-32-30-28-26-23-17-15-13-11-9-7-2/h13,15,20-21,39H,6-12,14,16-19,22-38H2,1-5H3/b15-13-,21-20-/t39-/m1/s1. The van der Waals surface area contributed by atoms with E-state index in [4.69, 9.17) is 18.5 Å². The maximum absolute atomic E-state index is 12.6. The van der Waals surface area contributed by atoms with Crippen molar-refractivity contribution in [2.75, 3.05) is 47.5 Å². The zero-order valence-corrected chi connectivity index (χ0v) is 34.4. The SMILES string of the molecule is CCCC/C=C\CCCCCCCC(=O)O[C@H](COC(=O)CCCCCCC/C=C\CCCCCCCCC)COP(=O)([O-])OCC[N+](C)(C)C. The Bertz CT molecular complexity index is 933. The molecule has 0 spiro atoms. The second kappa shape index (κ2) is 34.3. The molecule has 0 heterocycles. The summed E-state index contributed by atoms with van der Waals surface area (Å²) in [4.78, 5) is 37.4. The first kappa shape index (κ1) is 49.5. The average Bonchev–Trinajstić information content (AvgIpc) is 3.07. The van der Waals surface area contributed by atoms with Gasteiger partial charge in [-0.15, -0.1) is 0 Å². The van der Waals surface area contributed by atoms with Gasteiger partial charge >= 0.3 is 11.9 Å². The van der Waals surface area contributed by atoms with E-state index in [1.165, 1.54) is 64.2 Å². The highest BCUT2D eigenvalue weighted by atomic mass is 31.2. The molecule has 0 aromatic heterocycles. The van der Waals surface area contributed by atoms with Crippen molar-refractivity contribution in [1.82, 2.24) is 0 Å². The Morgan fingerprint density at radius 3 is 1.51 bits per heavy atom. The van der Waals surface area contributed by atoms with Crippen molar-refractivity contribution in [3.8, 4) is 0 Å². The largest absolute Gasteiger partial charge is 0.756 e. The number of phosphoric acid groups is 1. The van der Waals surface area contributed by atoms with Crippen molar-refractivity contribution >= 4 is 19.8 Å². The van der Waals surface area contributed by atoms with E-state index in [1.54, 1.807) is 0 Å². The summed E-state index contributed by atoms with van der Waals surface area (Å²) in [6.07, 6.45) is 34.9. The molecule has 9 nitrogen and oxygen atoms in total. The minimum atomic E-state index is -4.62. The van der Waals surface area contributed by atoms with Crippen LogP contribution in [0.3, 0.4) is 0 Å². The molecular weight excluding hydrogens is 665 g/mol. The Kier molecular flexibility index (Phi) is 33.3. The lowest BCUT2D eigenvalue weighted by Gasteiger charge is -2.28. The van der Waals surface area contributed by atoms with Gasteiger partial charge in [-0.25, -0.2) is 0 Å². The highest BCUT2D eigenvalue weighted by Crippen LogP contribution is 2.38. The molecule has 0 rings (SSSR count). The molecule has 0 fully saturated rings. The number of quaternary nitrogens is 1. The van der Waals surface area contributed by atoms with Gasteiger partial charge in [-0.1, -0.05) is 128 Å². The molecule has 1 unspecified atom stereocenters. The smallest absolute Gasteiger partial charge is 0.306 e. The number of allylic oxidation sites excluding steroid dienone is 4. The molecule has 0 amide bonds. The van der Waals surface area contributed by atoms with Crippen LogP contribution < -0.4 is 4.89 Å². The first-order chi connectivity index (χ1) is 24.5. The zero-order chi connectivity index (χ0) is 37.9. The molecule has 300 valence electrons. The van der Waals surface area contributed by atoms with Crippen LogP contribution in [0.5, 0.6) is 0 Å². The quantitative estimate of drug-likeness (QED) is 0.0203. The predicted molar refractivity (Wildman–Crippen MR) is 208 cm³/mol. The van der Waals surface area contributed by atoms with Crippen LogP contribution >= 0.6 is 7.82 Å². The van der Waals surface area contributed by atoms with Gasteiger partial charge in [0.15, 0.2) is 6.10 Å². The van der Waals surface area contributed by atoms with E-state index in [9.17, 15) is 19.0 Å². The number of unbranched alkanes of at least 4 members (excludes halogenated alkanes) is 19. The zero-order valence-electron chi connectivity index (χ0n) is 33.6. The third-order valence-corrected chi connectivity index (χ3v) is 9.66. The molecule has 0 aromatic rings. The van der Waals surface area contributed by atoms with Crippen LogP contribution in [0, 0.1) is 0 Å². The minimum Gasteiger partial charge on any atom is -0.756 e. The number of likely N-dealkylation sites (N-methyl/N-ethyl adjacent to an activating group) is 1. The van der Waals surface area contributed by atoms with Crippen LogP contribution in [0.25, 0.3) is 0 Å². The topological polar surface area (TPSA) is 111 Å². The van der Waals surface area contributed by atoms with Gasteiger partial charge < -0.3 is 27.9 Å². The molecule has 0 aromatic carbocycles. The fourth-order valence-electron chi connectivity index (χ4n) is 5.39. The fourth-order valence-corrected chi connectivity index (χ4v) is 6.12. The number of hydrogen-bond acceptors (Lipinski definition) is 8. The number of hydrogen-bond donors (Lipinski definition) is 0. The monoisotopic (exact) mass is 744 g/mol. The summed E-state index contributed by atoms with van der Waals surface area (Å²) in [6.45, 7) is 4.16. The molecule has 2 atom stereocenters. The van der Waals surface area contributed by atoms with Crippen molar-refractivity contribution in [3.05, 3.63) is 24.3 Å². The summed E-state index contributed by atoms with van der Waals surface area (Å²) >= 11 is 0. The molecule has 0 saturated carbocycles. The molecular formula is C41H78NO8P. The molecule has 0 bridgehead atoms. The maximum atomic E-state index is 12.6. The van der Waals surface area contributed by atoms with Crippen LogP contribution in [0.2, 0.25) is 0 Å². The predicted octanol–water partition coefficient (Wildman–Crippen LogP) is 10.6. The van der Waals surface area contributed by atoms with Crippen LogP contribution in [0.15, 0.2) is 24.3 Å². The Morgan fingerprint density at radius 1 is 0.588 bits per heavy atom. The van der Waals surface area contributed by atoms with Gasteiger partial charge in [0.1, 0.15) is 19.8 Å². The van der Waals surface area contributed by atoms with Crippen molar-refractivity contribution in [3.63, 3.8) is 0 Å². The summed E-state index contributed by atoms with van der Waals surface area (Å²) in [5, 5.41) is 0. The molecule has 0 aliphatic rings. The molecule has 51 heavy (non-hydrogen) atoms. The number of phosphoric ester groups is 1. The molecule has 10 heteroatoms. The van der Waals surface area contributed by atoms with Gasteiger partial charge in [-0.2, -0.15) is 0 Å². The van der Waals surface area contributed by atoms with Gasteiger partial charge in [0, 0.05) is 12.8 Å². The number of esters is 2. The highest BCUT2D eigenvalue weighted by molar-refractivity contribution is 7.45. The Hall–Kier alpha value is -1.51. The summed E-state index contributed by atoms with van der Waals surface area (Å²) < 4.78 is 33.8. The van der Waals surface area contributed by atoms with Gasteiger partial charge in [0.2, 0.25) is 0 Å². The molecule has 0 radical (unpaired) electrons. The number of carbonyl (C=O) groups is 2. The summed E-state index contributed by atoms with van der Waals surface area (Å²) in [6, 6.07) is 0. The lowest BCUT2D eigenvalue weighted by Crippen LogP contribution is -2.37. The third kappa shape index (κ3) is 38.0. The minimum absolute atomic E-state index is 0.0329. The van der Waals surface area contributed by atoms with Gasteiger partial charge in [0.05, 0.1) is 27.7 Å². The Balaban J connectivity index is 4.39. The van der Waals surface area contributed by atoms with Crippen molar-refractivity contribution < 1.29 is 42.1 Å². The van der Waals surface area contributed by atoms with Crippen molar-refractivity contribution in [1.29, 1.82) is 0 Å². The van der Waals surface area contributed by atoms with Gasteiger partial charge in [-0.05, 0) is 57.8 Å². The molecule has 0 aliphatic heterocycles. The number of carbonyl (C=O) groups excluding carboxylic acids is 2. The molecule has 0 saturated heterocycles. The highest BCUT2D eigenvalue weighted by Gasteiger charge is 2.21. The van der Waals surface area contributed by atoms with E-state index in [1.807, 2.05) is 21.1 Å². The van der Waals surface area contributed by atoms with Gasteiger partial charge in [0.25, 0.3) is 7.82 Å². The second-order valence-electron chi connectivity index (χ2n) is 15.0. The maximum Gasteiger partial charge on any atom is 0.306 e. The average molecular weight is 744 g/mol. The second-order valence-corrected chi connectivity index (χ2v) is 16.4. The van der Waals surface area contributed by atoms with E-state index in [-0.39, 0.29) is 26.1 Å².